The molecule has 0 aliphatic carbocycles. The fourth-order valence-electron chi connectivity index (χ4n) is 2.02. The zero-order valence-electron chi connectivity index (χ0n) is 10.8. The Labute approximate surface area is 124 Å². The van der Waals surface area contributed by atoms with Crippen molar-refractivity contribution in [3.63, 3.8) is 0 Å². The molecular formula is C15H9N3O2S. The van der Waals surface area contributed by atoms with E-state index in [0.717, 1.165) is 15.3 Å². The SMILES string of the molecule is N#Cc1ccc(Cc2nc3cc([N+](=O)[O-])ccc3s2)cc1. The lowest BCUT2D eigenvalue weighted by Gasteiger charge is -1.97. The van der Waals surface area contributed by atoms with Crippen LogP contribution in [-0.4, -0.2) is 9.91 Å². The number of thiazole rings is 1. The van der Waals surface area contributed by atoms with E-state index in [1.807, 2.05) is 12.1 Å². The summed E-state index contributed by atoms with van der Waals surface area (Å²) in [6.07, 6.45) is 0.652. The minimum atomic E-state index is -0.418. The van der Waals surface area contributed by atoms with Gasteiger partial charge in [-0.1, -0.05) is 12.1 Å². The van der Waals surface area contributed by atoms with Gasteiger partial charge in [0.2, 0.25) is 0 Å². The van der Waals surface area contributed by atoms with E-state index in [0.29, 0.717) is 17.5 Å². The average Bonchev–Trinajstić information content (AvgIpc) is 2.89. The quantitative estimate of drug-likeness (QED) is 0.545. The molecule has 0 spiro atoms. The highest BCUT2D eigenvalue weighted by atomic mass is 32.1. The molecule has 6 heteroatoms. The van der Waals surface area contributed by atoms with E-state index in [1.54, 1.807) is 18.2 Å². The molecule has 5 nitrogen and oxygen atoms in total. The number of hydrogen-bond donors (Lipinski definition) is 0. The van der Waals surface area contributed by atoms with E-state index >= 15 is 0 Å². The fraction of sp³-hybridized carbons (Fsp3) is 0.0667. The Bertz CT molecular complexity index is 863. The van der Waals surface area contributed by atoms with E-state index in [-0.39, 0.29) is 5.69 Å². The number of nitrogens with zero attached hydrogens (tertiary/aromatic N) is 3. The number of rotatable bonds is 3. The zero-order valence-corrected chi connectivity index (χ0v) is 11.6. The van der Waals surface area contributed by atoms with Crippen molar-refractivity contribution in [2.45, 2.75) is 6.42 Å². The molecule has 0 amide bonds. The van der Waals surface area contributed by atoms with Crippen LogP contribution in [-0.2, 0) is 6.42 Å². The second-order valence-corrected chi connectivity index (χ2v) is 5.62. The van der Waals surface area contributed by atoms with E-state index in [4.69, 9.17) is 5.26 Å². The number of fused-ring (bicyclic) bond motifs is 1. The largest absolute Gasteiger partial charge is 0.271 e. The summed E-state index contributed by atoms with van der Waals surface area (Å²) in [5.41, 5.74) is 2.39. The van der Waals surface area contributed by atoms with Gasteiger partial charge in [0.05, 0.1) is 31.8 Å². The number of benzene rings is 2. The molecule has 0 fully saturated rings. The third-order valence-electron chi connectivity index (χ3n) is 3.06. The first kappa shape index (κ1) is 13.2. The first-order chi connectivity index (χ1) is 10.2. The smallest absolute Gasteiger partial charge is 0.258 e. The van der Waals surface area contributed by atoms with Crippen molar-refractivity contribution >= 4 is 27.2 Å². The summed E-state index contributed by atoms with van der Waals surface area (Å²) < 4.78 is 0.934. The van der Waals surface area contributed by atoms with Crippen LogP contribution < -0.4 is 0 Å². The van der Waals surface area contributed by atoms with Gasteiger partial charge < -0.3 is 0 Å². The highest BCUT2D eigenvalue weighted by Crippen LogP contribution is 2.27. The van der Waals surface area contributed by atoms with Crippen LogP contribution in [0.5, 0.6) is 0 Å². The van der Waals surface area contributed by atoms with Crippen LogP contribution in [0.4, 0.5) is 5.69 Å². The maximum Gasteiger partial charge on any atom is 0.271 e. The first-order valence-electron chi connectivity index (χ1n) is 6.18. The van der Waals surface area contributed by atoms with Gasteiger partial charge in [-0.25, -0.2) is 4.98 Å². The molecule has 0 aliphatic rings. The molecule has 102 valence electrons. The number of nitro benzene ring substituents is 1. The molecular weight excluding hydrogens is 286 g/mol. The maximum absolute atomic E-state index is 10.8. The van der Waals surface area contributed by atoms with Crippen molar-refractivity contribution in [3.05, 3.63) is 68.7 Å². The summed E-state index contributed by atoms with van der Waals surface area (Å²) in [4.78, 5) is 14.8. The lowest BCUT2D eigenvalue weighted by molar-refractivity contribution is -0.384. The number of non-ortho nitro benzene ring substituents is 1. The average molecular weight is 295 g/mol. The standard InChI is InChI=1S/C15H9N3O2S/c16-9-11-3-1-10(2-4-11)7-15-17-13-8-12(18(19)20)5-6-14(13)21-15/h1-6,8H,7H2. The molecule has 1 heterocycles. The van der Waals surface area contributed by atoms with Crippen molar-refractivity contribution in [2.75, 3.05) is 0 Å². The van der Waals surface area contributed by atoms with Gasteiger partial charge in [0, 0.05) is 18.6 Å². The molecule has 0 atom stereocenters. The Morgan fingerprint density at radius 2 is 2.00 bits per heavy atom. The van der Waals surface area contributed by atoms with Crippen LogP contribution in [0, 0.1) is 21.4 Å². The number of aromatic nitrogens is 1. The minimum absolute atomic E-state index is 0.0534. The lowest BCUT2D eigenvalue weighted by Crippen LogP contribution is -1.88. The van der Waals surface area contributed by atoms with Gasteiger partial charge in [-0.2, -0.15) is 5.26 Å². The Kier molecular flexibility index (Phi) is 3.34. The molecule has 21 heavy (non-hydrogen) atoms. The Balaban J connectivity index is 1.90. The van der Waals surface area contributed by atoms with Crippen LogP contribution in [0.1, 0.15) is 16.1 Å². The summed E-state index contributed by atoms with van der Waals surface area (Å²) in [6, 6.07) is 14.1. The molecule has 0 aliphatic heterocycles. The van der Waals surface area contributed by atoms with Gasteiger partial charge in [0.25, 0.3) is 5.69 Å². The summed E-state index contributed by atoms with van der Waals surface area (Å²) in [6.45, 7) is 0. The van der Waals surface area contributed by atoms with Crippen molar-refractivity contribution in [1.29, 1.82) is 5.26 Å². The molecule has 0 bridgehead atoms. The third kappa shape index (κ3) is 2.73. The molecule has 0 N–H and O–H groups in total. The number of nitriles is 1. The summed E-state index contributed by atoms with van der Waals surface area (Å²) >= 11 is 1.52. The molecule has 1 aromatic heterocycles. The summed E-state index contributed by atoms with van der Waals surface area (Å²) in [5.74, 6) is 0. The molecule has 0 unspecified atom stereocenters. The van der Waals surface area contributed by atoms with E-state index in [2.05, 4.69) is 11.1 Å². The van der Waals surface area contributed by atoms with Crippen LogP contribution in [0.15, 0.2) is 42.5 Å². The van der Waals surface area contributed by atoms with E-state index < -0.39 is 4.92 Å². The summed E-state index contributed by atoms with van der Waals surface area (Å²) in [5, 5.41) is 20.4. The third-order valence-corrected chi connectivity index (χ3v) is 4.10. The second-order valence-electron chi connectivity index (χ2n) is 4.50. The number of nitro groups is 1. The van der Waals surface area contributed by atoms with Crippen LogP contribution in [0.2, 0.25) is 0 Å². The molecule has 0 saturated heterocycles. The van der Waals surface area contributed by atoms with Crippen molar-refractivity contribution < 1.29 is 4.92 Å². The van der Waals surface area contributed by atoms with Gasteiger partial charge in [0.1, 0.15) is 0 Å². The van der Waals surface area contributed by atoms with Crippen molar-refractivity contribution in [1.82, 2.24) is 4.98 Å². The Hall–Kier alpha value is -2.78. The molecule has 3 aromatic rings. The van der Waals surface area contributed by atoms with Gasteiger partial charge in [0.15, 0.2) is 0 Å². The van der Waals surface area contributed by atoms with Gasteiger partial charge >= 0.3 is 0 Å². The number of hydrogen-bond acceptors (Lipinski definition) is 5. The fourth-order valence-corrected chi connectivity index (χ4v) is 3.01. The molecule has 3 rings (SSSR count). The molecule has 2 aromatic carbocycles. The monoisotopic (exact) mass is 295 g/mol. The van der Waals surface area contributed by atoms with Crippen molar-refractivity contribution in [3.8, 4) is 6.07 Å². The van der Waals surface area contributed by atoms with Crippen molar-refractivity contribution in [2.24, 2.45) is 0 Å². The Morgan fingerprint density at radius 1 is 1.24 bits per heavy atom. The van der Waals surface area contributed by atoms with Crippen LogP contribution >= 0.6 is 11.3 Å². The van der Waals surface area contributed by atoms with Gasteiger partial charge in [-0.3, -0.25) is 10.1 Å². The van der Waals surface area contributed by atoms with E-state index in [9.17, 15) is 10.1 Å². The topological polar surface area (TPSA) is 79.8 Å². The van der Waals surface area contributed by atoms with Gasteiger partial charge in [-0.05, 0) is 23.8 Å². The minimum Gasteiger partial charge on any atom is -0.258 e. The second kappa shape index (κ2) is 5.31. The normalized spacial score (nSPS) is 10.4. The predicted octanol–water partition coefficient (Wildman–Crippen LogP) is 3.67. The first-order valence-corrected chi connectivity index (χ1v) is 7.00. The summed E-state index contributed by atoms with van der Waals surface area (Å²) in [7, 11) is 0. The maximum atomic E-state index is 10.8. The molecule has 0 radical (unpaired) electrons. The Morgan fingerprint density at radius 3 is 2.67 bits per heavy atom. The zero-order chi connectivity index (χ0) is 14.8. The van der Waals surface area contributed by atoms with Crippen LogP contribution in [0.25, 0.3) is 10.2 Å². The van der Waals surface area contributed by atoms with Crippen LogP contribution in [0.3, 0.4) is 0 Å². The lowest BCUT2D eigenvalue weighted by atomic mass is 10.1. The highest BCUT2D eigenvalue weighted by molar-refractivity contribution is 7.18. The van der Waals surface area contributed by atoms with Gasteiger partial charge in [-0.15, -0.1) is 11.3 Å². The molecule has 0 saturated carbocycles. The van der Waals surface area contributed by atoms with E-state index in [1.165, 1.54) is 23.5 Å². The highest BCUT2D eigenvalue weighted by Gasteiger charge is 2.10. The predicted molar refractivity (Wildman–Crippen MR) is 80.2 cm³/mol.